The van der Waals surface area contributed by atoms with Crippen molar-refractivity contribution in [3.63, 3.8) is 0 Å². The largest absolute Gasteiger partial charge is 0.488 e. The van der Waals surface area contributed by atoms with Gasteiger partial charge in [-0.05, 0) is 41.5 Å². The van der Waals surface area contributed by atoms with Gasteiger partial charge < -0.3 is 25.8 Å². The number of aliphatic hydroxyl groups excluding tert-OH is 1. The number of fused-ring (bicyclic) bond motifs is 3. The second-order valence-electron chi connectivity index (χ2n) is 8.83. The molecule has 2 heterocycles. The molecule has 2 aliphatic heterocycles. The number of carbonyl (C=O) groups excluding carboxylic acids is 1. The number of amides is 1. The molecule has 2 aliphatic rings. The third kappa shape index (κ3) is 4.40. The molecule has 1 saturated heterocycles. The highest BCUT2D eigenvalue weighted by Gasteiger charge is 2.48. The van der Waals surface area contributed by atoms with Crippen molar-refractivity contribution in [2.45, 2.75) is 12.0 Å². The molecule has 0 aromatic heterocycles. The summed E-state index contributed by atoms with van der Waals surface area (Å²) in [5.41, 5.74) is 5.97. The van der Waals surface area contributed by atoms with E-state index >= 15 is 8.78 Å². The molecule has 11 heteroatoms. The van der Waals surface area contributed by atoms with Crippen molar-refractivity contribution in [1.29, 1.82) is 0 Å². The Kier molecular flexibility index (Phi) is 7.62. The lowest BCUT2D eigenvalue weighted by molar-refractivity contribution is 0.100. The van der Waals surface area contributed by atoms with E-state index in [0.29, 0.717) is 36.4 Å². The second kappa shape index (κ2) is 10.4. The SMILES string of the molecule is Cl.NC(=O)c1ccc(OCCO)c(F)c1-c1c(Cl)c(F)cc2c1CC1(c3cccc(F)c3)CNCCN21. The average Bonchev–Trinajstić information content (AvgIpc) is 3.19. The summed E-state index contributed by atoms with van der Waals surface area (Å²) < 4.78 is 50.7. The predicted molar refractivity (Wildman–Crippen MR) is 137 cm³/mol. The quantitative estimate of drug-likeness (QED) is 0.426. The molecular weight excluding hydrogens is 530 g/mol. The Balaban J connectivity index is 0.00000320. The van der Waals surface area contributed by atoms with Crippen LogP contribution in [0.3, 0.4) is 0 Å². The third-order valence-electron chi connectivity index (χ3n) is 6.84. The van der Waals surface area contributed by atoms with E-state index in [4.69, 9.17) is 27.2 Å². The number of anilines is 1. The standard InChI is InChI=1S/C26H23ClF3N3O3.ClH/c27-23-18(29)11-19-17(12-26(13-32-6-7-33(19)26)14-2-1-3-15(28)10-14)21(23)22-16(25(31)35)4-5-20(24(22)30)36-9-8-34;/h1-5,10-11,32,34H,6-9,12-13H2,(H2,31,35);1H. The summed E-state index contributed by atoms with van der Waals surface area (Å²) in [4.78, 5) is 14.3. The molecule has 1 amide bonds. The fourth-order valence-electron chi connectivity index (χ4n) is 5.34. The van der Waals surface area contributed by atoms with Gasteiger partial charge in [0.15, 0.2) is 11.6 Å². The van der Waals surface area contributed by atoms with E-state index in [9.17, 15) is 9.18 Å². The number of piperazine rings is 1. The lowest BCUT2D eigenvalue weighted by atomic mass is 9.82. The molecule has 1 atom stereocenters. The number of rotatable bonds is 6. The van der Waals surface area contributed by atoms with Crippen LogP contribution in [-0.2, 0) is 12.0 Å². The number of carbonyl (C=O) groups is 1. The Hall–Kier alpha value is -2.98. The van der Waals surface area contributed by atoms with Crippen LogP contribution in [0.4, 0.5) is 18.9 Å². The lowest BCUT2D eigenvalue weighted by Crippen LogP contribution is -2.57. The molecule has 3 aromatic rings. The highest BCUT2D eigenvalue weighted by Crippen LogP contribution is 2.52. The van der Waals surface area contributed by atoms with Gasteiger partial charge in [-0.25, -0.2) is 13.2 Å². The highest BCUT2D eigenvalue weighted by atomic mass is 35.5. The molecule has 0 spiro atoms. The zero-order valence-corrected chi connectivity index (χ0v) is 21.1. The first-order chi connectivity index (χ1) is 17.3. The maximum atomic E-state index is 15.9. The van der Waals surface area contributed by atoms with Gasteiger partial charge in [0.2, 0.25) is 5.91 Å². The van der Waals surface area contributed by atoms with Crippen LogP contribution in [0.5, 0.6) is 5.75 Å². The van der Waals surface area contributed by atoms with Crippen molar-refractivity contribution in [1.82, 2.24) is 5.32 Å². The molecule has 4 N–H and O–H groups in total. The van der Waals surface area contributed by atoms with E-state index in [1.165, 1.54) is 30.3 Å². The monoisotopic (exact) mass is 553 g/mol. The van der Waals surface area contributed by atoms with Gasteiger partial charge >= 0.3 is 0 Å². The maximum Gasteiger partial charge on any atom is 0.249 e. The van der Waals surface area contributed by atoms with E-state index in [0.717, 1.165) is 0 Å². The van der Waals surface area contributed by atoms with Gasteiger partial charge in [-0.1, -0.05) is 23.7 Å². The second-order valence-corrected chi connectivity index (χ2v) is 9.21. The molecule has 0 saturated carbocycles. The van der Waals surface area contributed by atoms with Crippen molar-refractivity contribution in [3.8, 4) is 16.9 Å². The number of ether oxygens (including phenoxy) is 1. The molecule has 5 rings (SSSR count). The molecule has 196 valence electrons. The van der Waals surface area contributed by atoms with Crippen LogP contribution in [0.15, 0.2) is 42.5 Å². The molecule has 0 radical (unpaired) electrons. The molecule has 0 bridgehead atoms. The normalized spacial score (nSPS) is 18.1. The third-order valence-corrected chi connectivity index (χ3v) is 7.21. The number of nitrogens with two attached hydrogens (primary N) is 1. The van der Waals surface area contributed by atoms with Crippen LogP contribution in [0.2, 0.25) is 5.02 Å². The summed E-state index contributed by atoms with van der Waals surface area (Å²) in [7, 11) is 0. The van der Waals surface area contributed by atoms with Gasteiger partial charge in [0.05, 0.1) is 22.7 Å². The van der Waals surface area contributed by atoms with Crippen LogP contribution < -0.4 is 20.7 Å². The minimum absolute atomic E-state index is 0. The lowest BCUT2D eigenvalue weighted by Gasteiger charge is -2.45. The minimum atomic E-state index is -0.947. The first-order valence-corrected chi connectivity index (χ1v) is 11.8. The van der Waals surface area contributed by atoms with Gasteiger partial charge in [0.1, 0.15) is 18.2 Å². The summed E-state index contributed by atoms with van der Waals surface area (Å²) in [5.74, 6) is -3.32. The molecular formula is C26H24Cl2F3N3O3. The minimum Gasteiger partial charge on any atom is -0.488 e. The Bertz CT molecular complexity index is 1370. The predicted octanol–water partition coefficient (Wildman–Crippen LogP) is 4.18. The van der Waals surface area contributed by atoms with Crippen LogP contribution in [-0.4, -0.2) is 43.9 Å². The van der Waals surface area contributed by atoms with Crippen LogP contribution in [0.25, 0.3) is 11.1 Å². The molecule has 0 aliphatic carbocycles. The number of nitrogens with zero attached hydrogens (tertiary/aromatic N) is 1. The van der Waals surface area contributed by atoms with Gasteiger partial charge in [-0.15, -0.1) is 12.4 Å². The van der Waals surface area contributed by atoms with Gasteiger partial charge in [-0.3, -0.25) is 4.79 Å². The van der Waals surface area contributed by atoms with E-state index in [1.807, 2.05) is 4.90 Å². The number of primary amides is 1. The zero-order chi connectivity index (χ0) is 25.6. The van der Waals surface area contributed by atoms with Crippen molar-refractivity contribution in [3.05, 3.63) is 81.6 Å². The summed E-state index contributed by atoms with van der Waals surface area (Å²) in [6.45, 7) is 0.953. The number of benzene rings is 3. The molecule has 6 nitrogen and oxygen atoms in total. The number of hydrogen-bond acceptors (Lipinski definition) is 5. The Labute approximate surface area is 222 Å². The van der Waals surface area contributed by atoms with Crippen LogP contribution in [0.1, 0.15) is 21.5 Å². The van der Waals surface area contributed by atoms with Crippen LogP contribution in [0, 0.1) is 17.5 Å². The van der Waals surface area contributed by atoms with Crippen molar-refractivity contribution >= 4 is 35.6 Å². The number of aliphatic hydroxyl groups is 1. The molecule has 37 heavy (non-hydrogen) atoms. The fraction of sp³-hybridized carbons (Fsp3) is 0.269. The fourth-order valence-corrected chi connectivity index (χ4v) is 5.60. The van der Waals surface area contributed by atoms with E-state index < -0.39 is 28.9 Å². The van der Waals surface area contributed by atoms with Gasteiger partial charge in [0.25, 0.3) is 0 Å². The highest BCUT2D eigenvalue weighted by molar-refractivity contribution is 6.34. The summed E-state index contributed by atoms with van der Waals surface area (Å²) >= 11 is 6.46. The average molecular weight is 554 g/mol. The van der Waals surface area contributed by atoms with Gasteiger partial charge in [0, 0.05) is 42.9 Å². The van der Waals surface area contributed by atoms with Gasteiger partial charge in [-0.2, -0.15) is 0 Å². The first kappa shape index (κ1) is 27.1. The zero-order valence-electron chi connectivity index (χ0n) is 19.5. The van der Waals surface area contributed by atoms with Crippen molar-refractivity contribution in [2.24, 2.45) is 5.73 Å². The smallest absolute Gasteiger partial charge is 0.249 e. The van der Waals surface area contributed by atoms with Crippen molar-refractivity contribution < 1.29 is 27.8 Å². The van der Waals surface area contributed by atoms with Crippen LogP contribution >= 0.6 is 24.0 Å². The summed E-state index contributed by atoms with van der Waals surface area (Å²) in [6, 6.07) is 9.99. The van der Waals surface area contributed by atoms with Crippen molar-refractivity contribution in [2.75, 3.05) is 37.7 Å². The number of hydrogen-bond donors (Lipinski definition) is 3. The molecule has 1 unspecified atom stereocenters. The van der Waals surface area contributed by atoms with E-state index in [2.05, 4.69) is 5.32 Å². The Morgan fingerprint density at radius 1 is 1.19 bits per heavy atom. The van der Waals surface area contributed by atoms with E-state index in [1.54, 1.807) is 12.1 Å². The summed E-state index contributed by atoms with van der Waals surface area (Å²) in [6.07, 6.45) is 0.244. The maximum absolute atomic E-state index is 15.9. The number of halogens is 5. The molecule has 3 aromatic carbocycles. The van der Waals surface area contributed by atoms with E-state index in [-0.39, 0.29) is 59.5 Å². The topological polar surface area (TPSA) is 87.8 Å². The molecule has 1 fully saturated rings. The summed E-state index contributed by atoms with van der Waals surface area (Å²) in [5, 5.41) is 12.1. The number of nitrogens with one attached hydrogen (secondary N) is 1. The Morgan fingerprint density at radius 2 is 1.97 bits per heavy atom. The first-order valence-electron chi connectivity index (χ1n) is 11.4. The Morgan fingerprint density at radius 3 is 2.68 bits per heavy atom.